The Labute approximate surface area is 124 Å². The Morgan fingerprint density at radius 1 is 1.15 bits per heavy atom. The van der Waals surface area contributed by atoms with Crippen molar-refractivity contribution in [1.29, 1.82) is 0 Å². The summed E-state index contributed by atoms with van der Waals surface area (Å²) in [6, 6.07) is 16.4. The Hall–Kier alpha value is -1.87. The Balaban J connectivity index is 1.93. The molecule has 0 spiro atoms. The molecule has 2 aromatic carbocycles. The number of benzene rings is 2. The van der Waals surface area contributed by atoms with E-state index in [4.69, 9.17) is 4.74 Å². The van der Waals surface area contributed by atoms with E-state index < -0.39 is 0 Å². The van der Waals surface area contributed by atoms with Gasteiger partial charge < -0.3 is 10.1 Å². The monoisotopic (exact) mass is 285 g/mol. The molecule has 0 aliphatic rings. The zero-order valence-electron chi connectivity index (χ0n) is 11.8. The Kier molecular flexibility index (Phi) is 5.56. The number of nitrogens with one attached hydrogen (secondary N) is 1. The van der Waals surface area contributed by atoms with Crippen LogP contribution in [0.2, 0.25) is 0 Å². The second-order valence-corrected chi connectivity index (χ2v) is 5.14. The van der Waals surface area contributed by atoms with Crippen LogP contribution >= 0.6 is 11.8 Å². The van der Waals surface area contributed by atoms with Crippen LogP contribution in [0.3, 0.4) is 0 Å². The van der Waals surface area contributed by atoms with Crippen LogP contribution in [0.5, 0.6) is 5.75 Å². The van der Waals surface area contributed by atoms with Gasteiger partial charge in [-0.3, -0.25) is 0 Å². The molecule has 3 heteroatoms. The van der Waals surface area contributed by atoms with Gasteiger partial charge in [0.2, 0.25) is 0 Å². The van der Waals surface area contributed by atoms with Crippen LogP contribution in [0.25, 0.3) is 6.08 Å². The number of thioether (sulfide) groups is 1. The number of para-hydroxylation sites is 1. The summed E-state index contributed by atoms with van der Waals surface area (Å²) in [7, 11) is 1.69. The van der Waals surface area contributed by atoms with Crippen LogP contribution in [-0.4, -0.2) is 19.9 Å². The number of rotatable bonds is 6. The molecule has 2 nitrogen and oxygen atoms in total. The molecule has 0 atom stereocenters. The highest BCUT2D eigenvalue weighted by atomic mass is 32.2. The summed E-state index contributed by atoms with van der Waals surface area (Å²) >= 11 is 1.75. The van der Waals surface area contributed by atoms with E-state index in [-0.39, 0.29) is 0 Å². The average Bonchev–Trinajstić information content (AvgIpc) is 2.52. The van der Waals surface area contributed by atoms with Crippen LogP contribution in [0.15, 0.2) is 59.5 Å². The van der Waals surface area contributed by atoms with E-state index in [1.54, 1.807) is 18.9 Å². The summed E-state index contributed by atoms with van der Waals surface area (Å²) in [6.07, 6.45) is 6.26. The summed E-state index contributed by atoms with van der Waals surface area (Å²) < 4.78 is 5.32. The van der Waals surface area contributed by atoms with Gasteiger partial charge in [-0.15, -0.1) is 11.8 Å². The summed E-state index contributed by atoms with van der Waals surface area (Å²) in [4.78, 5) is 1.27. The maximum absolute atomic E-state index is 5.32. The third-order valence-corrected chi connectivity index (χ3v) is 3.66. The fraction of sp³-hybridized carbons (Fsp3) is 0.176. The molecule has 0 saturated heterocycles. The van der Waals surface area contributed by atoms with E-state index in [0.29, 0.717) is 0 Å². The number of methoxy groups -OCH3 is 1. The number of hydrogen-bond donors (Lipinski definition) is 1. The first kappa shape index (κ1) is 14.5. The van der Waals surface area contributed by atoms with Gasteiger partial charge in [0.1, 0.15) is 5.75 Å². The fourth-order valence-electron chi connectivity index (χ4n) is 1.90. The maximum atomic E-state index is 5.32. The third-order valence-electron chi connectivity index (χ3n) is 2.93. The van der Waals surface area contributed by atoms with Crippen molar-refractivity contribution in [3.63, 3.8) is 0 Å². The van der Waals surface area contributed by atoms with Gasteiger partial charge in [-0.2, -0.15) is 0 Å². The van der Waals surface area contributed by atoms with Crippen LogP contribution in [-0.2, 0) is 0 Å². The summed E-state index contributed by atoms with van der Waals surface area (Å²) in [5.74, 6) is 0.896. The van der Waals surface area contributed by atoms with Crippen molar-refractivity contribution in [3.05, 3.63) is 60.2 Å². The molecule has 0 amide bonds. The van der Waals surface area contributed by atoms with Gasteiger partial charge in [0.15, 0.2) is 0 Å². The Bertz CT molecular complexity index is 581. The zero-order chi connectivity index (χ0) is 14.2. The molecular formula is C17H19NOS. The number of ether oxygens (including phenoxy) is 1. The molecule has 0 saturated carbocycles. The maximum Gasteiger partial charge on any atom is 0.126 e. The van der Waals surface area contributed by atoms with E-state index in [1.165, 1.54) is 4.90 Å². The third kappa shape index (κ3) is 4.07. The lowest BCUT2D eigenvalue weighted by Crippen LogP contribution is -1.97. The molecular weight excluding hydrogens is 266 g/mol. The minimum absolute atomic E-state index is 0.788. The molecule has 0 fully saturated rings. The van der Waals surface area contributed by atoms with Crippen molar-refractivity contribution in [1.82, 2.24) is 0 Å². The van der Waals surface area contributed by atoms with Crippen molar-refractivity contribution >= 4 is 23.5 Å². The quantitative estimate of drug-likeness (QED) is 0.787. The van der Waals surface area contributed by atoms with E-state index in [2.05, 4.69) is 48.0 Å². The standard InChI is InChI=1S/C17H19NOS/c1-19-17-11-4-3-7-14(17)8-6-12-18-15-9-5-10-16(13-15)20-2/h3-11,13,18H,12H2,1-2H3/b8-6+. The number of hydrogen-bond acceptors (Lipinski definition) is 3. The van der Waals surface area contributed by atoms with Gasteiger partial charge in [0, 0.05) is 22.7 Å². The SMILES string of the molecule is COc1ccccc1/C=C/CNc1cccc(SC)c1. The van der Waals surface area contributed by atoms with Crippen LogP contribution < -0.4 is 10.1 Å². The van der Waals surface area contributed by atoms with E-state index in [9.17, 15) is 0 Å². The van der Waals surface area contributed by atoms with Gasteiger partial charge >= 0.3 is 0 Å². The Morgan fingerprint density at radius 3 is 2.80 bits per heavy atom. The molecule has 2 rings (SSSR count). The van der Waals surface area contributed by atoms with Crippen molar-refractivity contribution in [2.75, 3.05) is 25.2 Å². The normalized spacial score (nSPS) is 10.7. The summed E-state index contributed by atoms with van der Waals surface area (Å²) in [6.45, 7) is 0.788. The topological polar surface area (TPSA) is 21.3 Å². The molecule has 0 heterocycles. The van der Waals surface area contributed by atoms with E-state index in [1.807, 2.05) is 24.3 Å². The zero-order valence-corrected chi connectivity index (χ0v) is 12.6. The largest absolute Gasteiger partial charge is 0.496 e. The molecule has 1 N–H and O–H groups in total. The predicted molar refractivity (Wildman–Crippen MR) is 88.7 cm³/mol. The van der Waals surface area contributed by atoms with Gasteiger partial charge in [-0.05, 0) is 30.5 Å². The lowest BCUT2D eigenvalue weighted by molar-refractivity contribution is 0.414. The van der Waals surface area contributed by atoms with Crippen molar-refractivity contribution < 1.29 is 4.74 Å². The van der Waals surface area contributed by atoms with Crippen molar-refractivity contribution in [3.8, 4) is 5.75 Å². The van der Waals surface area contributed by atoms with E-state index >= 15 is 0 Å². The summed E-state index contributed by atoms with van der Waals surface area (Å²) in [5, 5.41) is 3.39. The second kappa shape index (κ2) is 7.65. The fourth-order valence-corrected chi connectivity index (χ4v) is 2.36. The smallest absolute Gasteiger partial charge is 0.126 e. The molecule has 0 radical (unpaired) electrons. The lowest BCUT2D eigenvalue weighted by Gasteiger charge is -2.06. The highest BCUT2D eigenvalue weighted by Crippen LogP contribution is 2.20. The molecule has 20 heavy (non-hydrogen) atoms. The van der Waals surface area contributed by atoms with Gasteiger partial charge in [0.25, 0.3) is 0 Å². The minimum Gasteiger partial charge on any atom is -0.496 e. The highest BCUT2D eigenvalue weighted by Gasteiger charge is 1.96. The number of anilines is 1. The second-order valence-electron chi connectivity index (χ2n) is 4.26. The van der Waals surface area contributed by atoms with Gasteiger partial charge in [-0.25, -0.2) is 0 Å². The summed E-state index contributed by atoms with van der Waals surface area (Å²) in [5.41, 5.74) is 2.23. The molecule has 0 aliphatic carbocycles. The average molecular weight is 285 g/mol. The first-order valence-electron chi connectivity index (χ1n) is 6.51. The molecule has 0 aliphatic heterocycles. The van der Waals surface area contributed by atoms with Crippen molar-refractivity contribution in [2.24, 2.45) is 0 Å². The van der Waals surface area contributed by atoms with Crippen LogP contribution in [0, 0.1) is 0 Å². The van der Waals surface area contributed by atoms with Gasteiger partial charge in [0.05, 0.1) is 7.11 Å². The minimum atomic E-state index is 0.788. The van der Waals surface area contributed by atoms with Crippen molar-refractivity contribution in [2.45, 2.75) is 4.90 Å². The molecule has 0 bridgehead atoms. The Morgan fingerprint density at radius 2 is 2.00 bits per heavy atom. The lowest BCUT2D eigenvalue weighted by atomic mass is 10.2. The molecule has 0 aromatic heterocycles. The first-order chi connectivity index (χ1) is 9.83. The molecule has 2 aromatic rings. The predicted octanol–water partition coefficient (Wildman–Crippen LogP) is 4.54. The molecule has 104 valence electrons. The highest BCUT2D eigenvalue weighted by molar-refractivity contribution is 7.98. The van der Waals surface area contributed by atoms with Gasteiger partial charge in [-0.1, -0.05) is 36.4 Å². The first-order valence-corrected chi connectivity index (χ1v) is 7.73. The van der Waals surface area contributed by atoms with E-state index in [0.717, 1.165) is 23.5 Å². The van der Waals surface area contributed by atoms with Crippen LogP contribution in [0.1, 0.15) is 5.56 Å². The molecule has 0 unspecified atom stereocenters. The van der Waals surface area contributed by atoms with Crippen LogP contribution in [0.4, 0.5) is 5.69 Å².